The number of thioether (sulfide) groups is 1. The lowest BCUT2D eigenvalue weighted by Crippen LogP contribution is -2.36. The fourth-order valence-corrected chi connectivity index (χ4v) is 1.70. The Bertz CT molecular complexity index is 98.1. The molecule has 3 heteroatoms. The molecule has 0 amide bonds. The molecule has 0 aliphatic heterocycles. The third-order valence-corrected chi connectivity index (χ3v) is 2.53. The average molecular weight is 177 g/mol. The summed E-state index contributed by atoms with van der Waals surface area (Å²) in [7, 11) is 2.05. The summed E-state index contributed by atoms with van der Waals surface area (Å²) in [5.74, 6) is 1.13. The van der Waals surface area contributed by atoms with Crippen LogP contribution < -0.4 is 0 Å². The Morgan fingerprint density at radius 1 is 1.45 bits per heavy atom. The van der Waals surface area contributed by atoms with Crippen LogP contribution in [-0.4, -0.2) is 47.8 Å². The highest BCUT2D eigenvalue weighted by molar-refractivity contribution is 7.98. The standard InChI is InChI=1S/C8H19NOS/c1-7(6-11-4)9(3)5-8(2)10/h7-8,10H,5-6H2,1-4H3/t7?,8-/m0/s1. The van der Waals surface area contributed by atoms with E-state index in [-0.39, 0.29) is 6.10 Å². The van der Waals surface area contributed by atoms with E-state index in [1.54, 1.807) is 0 Å². The predicted molar refractivity (Wildman–Crippen MR) is 52.2 cm³/mol. The Balaban J connectivity index is 3.54. The maximum Gasteiger partial charge on any atom is 0.0639 e. The van der Waals surface area contributed by atoms with Gasteiger partial charge in [0.2, 0.25) is 0 Å². The zero-order valence-electron chi connectivity index (χ0n) is 7.87. The molecule has 0 aromatic heterocycles. The highest BCUT2D eigenvalue weighted by Gasteiger charge is 2.09. The number of nitrogens with zero attached hydrogens (tertiary/aromatic N) is 1. The molecule has 0 heterocycles. The minimum Gasteiger partial charge on any atom is -0.392 e. The monoisotopic (exact) mass is 177 g/mol. The molecule has 0 fully saturated rings. The zero-order chi connectivity index (χ0) is 8.85. The summed E-state index contributed by atoms with van der Waals surface area (Å²) in [5, 5.41) is 9.09. The van der Waals surface area contributed by atoms with Crippen molar-refractivity contribution in [2.45, 2.75) is 26.0 Å². The van der Waals surface area contributed by atoms with Crippen LogP contribution in [0.4, 0.5) is 0 Å². The number of aliphatic hydroxyl groups is 1. The summed E-state index contributed by atoms with van der Waals surface area (Å²) in [6.07, 6.45) is 1.89. The Labute approximate surface area is 74.0 Å². The third kappa shape index (κ3) is 5.53. The predicted octanol–water partition coefficient (Wildman–Crippen LogP) is 1.05. The van der Waals surface area contributed by atoms with Gasteiger partial charge in [-0.3, -0.25) is 0 Å². The molecule has 0 aliphatic carbocycles. The second-order valence-electron chi connectivity index (χ2n) is 3.09. The van der Waals surface area contributed by atoms with Gasteiger partial charge >= 0.3 is 0 Å². The van der Waals surface area contributed by atoms with E-state index < -0.39 is 0 Å². The lowest BCUT2D eigenvalue weighted by molar-refractivity contribution is 0.127. The first-order valence-electron chi connectivity index (χ1n) is 3.95. The van der Waals surface area contributed by atoms with Gasteiger partial charge in [-0.2, -0.15) is 11.8 Å². The van der Waals surface area contributed by atoms with Crippen molar-refractivity contribution < 1.29 is 5.11 Å². The van der Waals surface area contributed by atoms with E-state index in [0.717, 1.165) is 12.3 Å². The first-order chi connectivity index (χ1) is 5.07. The summed E-state index contributed by atoms with van der Waals surface area (Å²) in [6, 6.07) is 0.555. The second-order valence-corrected chi connectivity index (χ2v) is 4.00. The van der Waals surface area contributed by atoms with E-state index in [4.69, 9.17) is 5.11 Å². The van der Waals surface area contributed by atoms with Gasteiger partial charge in [0.15, 0.2) is 0 Å². The van der Waals surface area contributed by atoms with E-state index in [2.05, 4.69) is 18.1 Å². The molecule has 1 N–H and O–H groups in total. The molecule has 0 saturated carbocycles. The van der Waals surface area contributed by atoms with Crippen molar-refractivity contribution >= 4 is 11.8 Å². The normalized spacial score (nSPS) is 16.9. The first kappa shape index (κ1) is 11.3. The number of rotatable bonds is 5. The molecule has 0 radical (unpaired) electrons. The van der Waals surface area contributed by atoms with Crippen LogP contribution in [0.5, 0.6) is 0 Å². The summed E-state index contributed by atoms with van der Waals surface area (Å²) < 4.78 is 0. The molecule has 1 unspecified atom stereocenters. The minimum absolute atomic E-state index is 0.218. The second kappa shape index (κ2) is 5.86. The molecule has 0 saturated heterocycles. The van der Waals surface area contributed by atoms with Gasteiger partial charge in [0.25, 0.3) is 0 Å². The molecule has 2 nitrogen and oxygen atoms in total. The average Bonchev–Trinajstić information content (AvgIpc) is 1.86. The summed E-state index contributed by atoms with van der Waals surface area (Å²) in [5.41, 5.74) is 0. The van der Waals surface area contributed by atoms with Crippen molar-refractivity contribution in [1.29, 1.82) is 0 Å². The zero-order valence-corrected chi connectivity index (χ0v) is 8.69. The van der Waals surface area contributed by atoms with Crippen LogP contribution >= 0.6 is 11.8 Å². The lowest BCUT2D eigenvalue weighted by Gasteiger charge is -2.24. The maximum absolute atomic E-state index is 9.09. The van der Waals surface area contributed by atoms with Crippen LogP contribution in [-0.2, 0) is 0 Å². The van der Waals surface area contributed by atoms with E-state index in [9.17, 15) is 0 Å². The molecule has 0 aromatic carbocycles. The van der Waals surface area contributed by atoms with Gasteiger partial charge in [-0.05, 0) is 27.2 Å². The van der Waals surface area contributed by atoms with Crippen molar-refractivity contribution in [2.75, 3.05) is 25.6 Å². The highest BCUT2D eigenvalue weighted by Crippen LogP contribution is 2.03. The summed E-state index contributed by atoms with van der Waals surface area (Å²) in [4.78, 5) is 2.18. The number of hydrogen-bond donors (Lipinski definition) is 1. The Hall–Kier alpha value is 0.270. The molecule has 11 heavy (non-hydrogen) atoms. The van der Waals surface area contributed by atoms with E-state index in [1.807, 2.05) is 25.7 Å². The quantitative estimate of drug-likeness (QED) is 0.679. The Morgan fingerprint density at radius 2 is 2.00 bits per heavy atom. The molecule has 0 aliphatic rings. The molecule has 2 atom stereocenters. The van der Waals surface area contributed by atoms with Crippen LogP contribution in [0.2, 0.25) is 0 Å². The minimum atomic E-state index is -0.218. The fourth-order valence-electron chi connectivity index (χ4n) is 0.965. The highest BCUT2D eigenvalue weighted by atomic mass is 32.2. The fraction of sp³-hybridized carbons (Fsp3) is 1.00. The van der Waals surface area contributed by atoms with Crippen LogP contribution in [0.1, 0.15) is 13.8 Å². The molecule has 0 rings (SSSR count). The van der Waals surface area contributed by atoms with Crippen LogP contribution in [0.15, 0.2) is 0 Å². The lowest BCUT2D eigenvalue weighted by atomic mass is 10.3. The smallest absolute Gasteiger partial charge is 0.0639 e. The van der Waals surface area contributed by atoms with Crippen molar-refractivity contribution in [3.05, 3.63) is 0 Å². The molecule has 0 bridgehead atoms. The number of aliphatic hydroxyl groups excluding tert-OH is 1. The van der Waals surface area contributed by atoms with Crippen molar-refractivity contribution in [1.82, 2.24) is 4.90 Å². The molecule has 68 valence electrons. The van der Waals surface area contributed by atoms with Gasteiger partial charge in [-0.15, -0.1) is 0 Å². The topological polar surface area (TPSA) is 23.5 Å². The SMILES string of the molecule is CSCC(C)N(C)C[C@H](C)O. The van der Waals surface area contributed by atoms with Gasteiger partial charge in [-0.25, -0.2) is 0 Å². The summed E-state index contributed by atoms with van der Waals surface area (Å²) in [6.45, 7) is 4.77. The molecular weight excluding hydrogens is 158 g/mol. The van der Waals surface area contributed by atoms with E-state index in [0.29, 0.717) is 6.04 Å². The van der Waals surface area contributed by atoms with E-state index >= 15 is 0 Å². The largest absolute Gasteiger partial charge is 0.392 e. The Kier molecular flexibility index (Phi) is 6.01. The van der Waals surface area contributed by atoms with Gasteiger partial charge < -0.3 is 10.0 Å². The van der Waals surface area contributed by atoms with Crippen LogP contribution in [0.25, 0.3) is 0 Å². The van der Waals surface area contributed by atoms with E-state index in [1.165, 1.54) is 0 Å². The molecule has 0 aromatic rings. The van der Waals surface area contributed by atoms with Crippen molar-refractivity contribution in [2.24, 2.45) is 0 Å². The summed E-state index contributed by atoms with van der Waals surface area (Å²) >= 11 is 1.84. The number of hydrogen-bond acceptors (Lipinski definition) is 3. The van der Waals surface area contributed by atoms with Crippen LogP contribution in [0, 0.1) is 0 Å². The van der Waals surface area contributed by atoms with Gasteiger partial charge in [0, 0.05) is 18.3 Å². The Morgan fingerprint density at radius 3 is 2.36 bits per heavy atom. The van der Waals surface area contributed by atoms with Crippen molar-refractivity contribution in [3.8, 4) is 0 Å². The van der Waals surface area contributed by atoms with Gasteiger partial charge in [0.1, 0.15) is 0 Å². The molecular formula is C8H19NOS. The number of likely N-dealkylation sites (N-methyl/N-ethyl adjacent to an activating group) is 1. The van der Waals surface area contributed by atoms with Crippen LogP contribution in [0.3, 0.4) is 0 Å². The van der Waals surface area contributed by atoms with Gasteiger partial charge in [-0.1, -0.05) is 0 Å². The third-order valence-electron chi connectivity index (χ3n) is 1.71. The molecule has 0 spiro atoms. The maximum atomic E-state index is 9.09. The van der Waals surface area contributed by atoms with Crippen molar-refractivity contribution in [3.63, 3.8) is 0 Å². The van der Waals surface area contributed by atoms with Gasteiger partial charge in [0.05, 0.1) is 6.10 Å². The first-order valence-corrected chi connectivity index (χ1v) is 5.34.